The quantitative estimate of drug-likeness (QED) is 0.845. The Labute approximate surface area is 137 Å². The summed E-state index contributed by atoms with van der Waals surface area (Å²) in [5.41, 5.74) is -0.0384. The molecule has 0 radical (unpaired) electrons. The largest absolute Gasteiger partial charge is 0.381 e. The zero-order chi connectivity index (χ0) is 15.6. The number of thioether (sulfide) groups is 1. The van der Waals surface area contributed by atoms with Gasteiger partial charge in [0.1, 0.15) is 0 Å². The summed E-state index contributed by atoms with van der Waals surface area (Å²) in [5, 5.41) is 3.08. The number of hydrogen-bond acceptors (Lipinski definition) is 4. The van der Waals surface area contributed by atoms with Crippen LogP contribution < -0.4 is 5.32 Å². The maximum atomic E-state index is 12.5. The van der Waals surface area contributed by atoms with Crippen LogP contribution in [0.5, 0.6) is 0 Å². The fraction of sp³-hybridized carbons (Fsp3) is 0.938. The molecule has 1 atom stereocenters. The van der Waals surface area contributed by atoms with E-state index in [9.17, 15) is 4.79 Å². The van der Waals surface area contributed by atoms with Gasteiger partial charge in [0.25, 0.3) is 0 Å². The maximum Gasteiger partial charge on any atom is 0.317 e. The van der Waals surface area contributed by atoms with Crippen LogP contribution >= 0.6 is 11.8 Å². The van der Waals surface area contributed by atoms with Crippen LogP contribution in [0, 0.1) is 0 Å². The topological polar surface area (TPSA) is 50.8 Å². The Morgan fingerprint density at radius 2 is 2.09 bits per heavy atom. The Bertz CT molecular complexity index is 405. The van der Waals surface area contributed by atoms with Gasteiger partial charge in [-0.15, -0.1) is 0 Å². The van der Waals surface area contributed by atoms with Crippen molar-refractivity contribution in [2.24, 2.45) is 0 Å². The molecule has 0 aromatic heterocycles. The Kier molecular flexibility index (Phi) is 4.90. The fourth-order valence-electron chi connectivity index (χ4n) is 3.60. The summed E-state index contributed by atoms with van der Waals surface area (Å²) in [6, 6.07) is 0.0690. The molecule has 3 aliphatic rings. The second-order valence-electron chi connectivity index (χ2n) is 7.29. The number of carbonyl (C=O) groups is 1. The molecule has 126 valence electrons. The Morgan fingerprint density at radius 3 is 2.77 bits per heavy atom. The van der Waals surface area contributed by atoms with Gasteiger partial charge in [0.05, 0.1) is 11.7 Å². The number of amides is 2. The molecule has 0 aliphatic carbocycles. The van der Waals surface area contributed by atoms with E-state index in [2.05, 4.69) is 19.2 Å². The van der Waals surface area contributed by atoms with Gasteiger partial charge in [-0.1, -0.05) is 0 Å². The highest BCUT2D eigenvalue weighted by Crippen LogP contribution is 2.39. The highest BCUT2D eigenvalue weighted by molar-refractivity contribution is 8.00. The SMILES string of the molecule is CC1(C)CC[C@H](CNC(=O)N2CCSC3(CCOCC3)C2)O1. The average molecular weight is 328 g/mol. The lowest BCUT2D eigenvalue weighted by Gasteiger charge is -2.44. The summed E-state index contributed by atoms with van der Waals surface area (Å²) in [5.74, 6) is 1.03. The Morgan fingerprint density at radius 1 is 1.32 bits per heavy atom. The highest BCUT2D eigenvalue weighted by Gasteiger charge is 2.39. The van der Waals surface area contributed by atoms with E-state index in [0.717, 1.165) is 57.7 Å². The second-order valence-corrected chi connectivity index (χ2v) is 8.85. The number of urea groups is 1. The van der Waals surface area contributed by atoms with Crippen molar-refractivity contribution in [3.8, 4) is 0 Å². The van der Waals surface area contributed by atoms with E-state index >= 15 is 0 Å². The van der Waals surface area contributed by atoms with Crippen molar-refractivity contribution in [2.45, 2.75) is 56.0 Å². The number of nitrogens with zero attached hydrogens (tertiary/aromatic N) is 1. The van der Waals surface area contributed by atoms with E-state index in [1.165, 1.54) is 0 Å². The summed E-state index contributed by atoms with van der Waals surface area (Å²) in [4.78, 5) is 14.4. The normalized spacial score (nSPS) is 30.5. The summed E-state index contributed by atoms with van der Waals surface area (Å²) >= 11 is 2.02. The van der Waals surface area contributed by atoms with Gasteiger partial charge < -0.3 is 19.7 Å². The molecule has 6 heteroatoms. The lowest BCUT2D eigenvalue weighted by Crippen LogP contribution is -2.54. The monoisotopic (exact) mass is 328 g/mol. The lowest BCUT2D eigenvalue weighted by molar-refractivity contribution is -0.0136. The Hall–Kier alpha value is -0.460. The number of ether oxygens (including phenoxy) is 2. The van der Waals surface area contributed by atoms with E-state index in [1.807, 2.05) is 16.7 Å². The molecular weight excluding hydrogens is 300 g/mol. The van der Waals surface area contributed by atoms with Crippen molar-refractivity contribution in [3.05, 3.63) is 0 Å². The van der Waals surface area contributed by atoms with Crippen LogP contribution in [-0.2, 0) is 9.47 Å². The number of rotatable bonds is 2. The van der Waals surface area contributed by atoms with Crippen LogP contribution in [0.2, 0.25) is 0 Å². The van der Waals surface area contributed by atoms with Crippen molar-refractivity contribution in [1.29, 1.82) is 0 Å². The molecule has 0 saturated carbocycles. The van der Waals surface area contributed by atoms with Gasteiger partial charge in [0.2, 0.25) is 0 Å². The number of hydrogen-bond donors (Lipinski definition) is 1. The van der Waals surface area contributed by atoms with E-state index in [0.29, 0.717) is 6.54 Å². The summed E-state index contributed by atoms with van der Waals surface area (Å²) in [6.45, 7) is 8.21. The Balaban J connectivity index is 1.47. The predicted octanol–water partition coefficient (Wildman–Crippen LogP) is 2.25. The van der Waals surface area contributed by atoms with Crippen molar-refractivity contribution < 1.29 is 14.3 Å². The van der Waals surface area contributed by atoms with Gasteiger partial charge >= 0.3 is 6.03 Å². The smallest absolute Gasteiger partial charge is 0.317 e. The van der Waals surface area contributed by atoms with Gasteiger partial charge in [0.15, 0.2) is 0 Å². The van der Waals surface area contributed by atoms with Crippen LogP contribution in [0.15, 0.2) is 0 Å². The molecule has 2 amide bonds. The maximum absolute atomic E-state index is 12.5. The van der Waals surface area contributed by atoms with Crippen LogP contribution in [0.4, 0.5) is 4.79 Å². The van der Waals surface area contributed by atoms with Gasteiger partial charge in [-0.2, -0.15) is 11.8 Å². The molecule has 3 rings (SSSR count). The molecule has 3 fully saturated rings. The van der Waals surface area contributed by atoms with Gasteiger partial charge in [-0.05, 0) is 39.5 Å². The first kappa shape index (κ1) is 16.4. The molecule has 0 bridgehead atoms. The first-order valence-corrected chi connectivity index (χ1v) is 9.39. The van der Waals surface area contributed by atoms with Crippen LogP contribution in [0.1, 0.15) is 39.5 Å². The van der Waals surface area contributed by atoms with Crippen molar-refractivity contribution in [2.75, 3.05) is 38.6 Å². The predicted molar refractivity (Wildman–Crippen MR) is 88.4 cm³/mol. The minimum atomic E-state index is -0.0384. The van der Waals surface area contributed by atoms with Gasteiger partial charge in [-0.25, -0.2) is 4.79 Å². The van der Waals surface area contributed by atoms with E-state index < -0.39 is 0 Å². The van der Waals surface area contributed by atoms with E-state index in [1.54, 1.807) is 0 Å². The summed E-state index contributed by atoms with van der Waals surface area (Å²) in [6.07, 6.45) is 4.37. The average Bonchev–Trinajstić information content (AvgIpc) is 2.85. The minimum absolute atomic E-state index is 0.0384. The molecule has 0 unspecified atom stereocenters. The van der Waals surface area contributed by atoms with Gasteiger partial charge in [0, 0.05) is 43.3 Å². The number of nitrogens with one attached hydrogen (secondary N) is 1. The molecule has 0 aromatic carbocycles. The molecule has 0 aromatic rings. The summed E-state index contributed by atoms with van der Waals surface area (Å²) in [7, 11) is 0. The zero-order valence-electron chi connectivity index (χ0n) is 13.7. The number of carbonyl (C=O) groups excluding carboxylic acids is 1. The minimum Gasteiger partial charge on any atom is -0.381 e. The first-order valence-electron chi connectivity index (χ1n) is 8.40. The third-order valence-corrected chi connectivity index (χ3v) is 6.51. The van der Waals surface area contributed by atoms with Crippen LogP contribution in [0.3, 0.4) is 0 Å². The van der Waals surface area contributed by atoms with E-state index in [-0.39, 0.29) is 22.5 Å². The third-order valence-electron chi connectivity index (χ3n) is 4.97. The van der Waals surface area contributed by atoms with Crippen molar-refractivity contribution >= 4 is 17.8 Å². The lowest BCUT2D eigenvalue weighted by atomic mass is 9.98. The van der Waals surface area contributed by atoms with Gasteiger partial charge in [-0.3, -0.25) is 0 Å². The highest BCUT2D eigenvalue weighted by atomic mass is 32.2. The third kappa shape index (κ3) is 3.89. The summed E-state index contributed by atoms with van der Waals surface area (Å²) < 4.78 is 11.6. The molecule has 3 saturated heterocycles. The van der Waals surface area contributed by atoms with Crippen LogP contribution in [0.25, 0.3) is 0 Å². The zero-order valence-corrected chi connectivity index (χ0v) is 14.5. The molecule has 1 N–H and O–H groups in total. The van der Waals surface area contributed by atoms with Crippen molar-refractivity contribution in [3.63, 3.8) is 0 Å². The second kappa shape index (κ2) is 6.57. The fourth-order valence-corrected chi connectivity index (χ4v) is 5.05. The van der Waals surface area contributed by atoms with E-state index in [4.69, 9.17) is 9.47 Å². The molecule has 5 nitrogen and oxygen atoms in total. The first-order chi connectivity index (χ1) is 10.5. The molecule has 3 heterocycles. The molecule has 1 spiro atoms. The van der Waals surface area contributed by atoms with Crippen LogP contribution in [-0.4, -0.2) is 66.0 Å². The molecule has 3 aliphatic heterocycles. The molecular formula is C16H28N2O3S. The molecule has 22 heavy (non-hydrogen) atoms. The van der Waals surface area contributed by atoms with Crippen molar-refractivity contribution in [1.82, 2.24) is 10.2 Å². The standard InChI is InChI=1S/C16H28N2O3S/c1-15(2)4-3-13(21-15)11-17-14(19)18-7-10-22-16(12-18)5-8-20-9-6-16/h13H,3-12H2,1-2H3,(H,17,19)/t13-/m1/s1.